The van der Waals surface area contributed by atoms with E-state index in [1.807, 2.05) is 24.5 Å². The van der Waals surface area contributed by atoms with Gasteiger partial charge in [-0.25, -0.2) is 4.98 Å². The van der Waals surface area contributed by atoms with Gasteiger partial charge in [0.2, 0.25) is 0 Å². The molecule has 1 N–H and O–H groups in total. The van der Waals surface area contributed by atoms with E-state index in [0.29, 0.717) is 5.75 Å². The van der Waals surface area contributed by atoms with E-state index in [0.717, 1.165) is 37.3 Å². The Hall–Kier alpha value is -2.75. The number of aromatic hydroxyl groups is 1. The second kappa shape index (κ2) is 6.04. The first-order chi connectivity index (χ1) is 11.7. The van der Waals surface area contributed by atoms with Gasteiger partial charge < -0.3 is 14.6 Å². The van der Waals surface area contributed by atoms with Gasteiger partial charge >= 0.3 is 0 Å². The van der Waals surface area contributed by atoms with Crippen LogP contribution in [0.1, 0.15) is 22.5 Å². The first-order valence-electron chi connectivity index (χ1n) is 8.30. The van der Waals surface area contributed by atoms with Crippen molar-refractivity contribution < 1.29 is 5.11 Å². The third-order valence-electron chi connectivity index (χ3n) is 4.72. The molecule has 1 aromatic heterocycles. The Labute approximate surface area is 142 Å². The number of nitrogens with zero attached hydrogens (tertiary/aromatic N) is 3. The number of anilines is 1. The molecule has 0 saturated heterocycles. The van der Waals surface area contributed by atoms with Crippen molar-refractivity contribution >= 4 is 5.69 Å². The lowest BCUT2D eigenvalue weighted by atomic mass is 10.1. The van der Waals surface area contributed by atoms with E-state index in [1.54, 1.807) is 12.1 Å². The number of phenols is 1. The minimum absolute atomic E-state index is 0.299. The van der Waals surface area contributed by atoms with Gasteiger partial charge in [0.25, 0.3) is 0 Å². The van der Waals surface area contributed by atoms with Crippen LogP contribution in [0, 0.1) is 0 Å². The number of benzene rings is 2. The number of hydrogen-bond acceptors (Lipinski definition) is 3. The topological polar surface area (TPSA) is 41.3 Å². The highest BCUT2D eigenvalue weighted by Crippen LogP contribution is 2.28. The summed E-state index contributed by atoms with van der Waals surface area (Å²) in [5.41, 5.74) is 5.25. The summed E-state index contributed by atoms with van der Waals surface area (Å²) < 4.78 is 2.17. The fourth-order valence-electron chi connectivity index (χ4n) is 3.36. The molecule has 0 saturated carbocycles. The third kappa shape index (κ3) is 2.87. The van der Waals surface area contributed by atoms with E-state index < -0.39 is 0 Å². The van der Waals surface area contributed by atoms with Gasteiger partial charge in [-0.2, -0.15) is 0 Å². The van der Waals surface area contributed by atoms with Gasteiger partial charge in [-0.15, -0.1) is 0 Å². The largest absolute Gasteiger partial charge is 0.508 e. The molecule has 122 valence electrons. The molecule has 0 bridgehead atoms. The highest BCUT2D eigenvalue weighted by Gasteiger charge is 2.16. The van der Waals surface area contributed by atoms with Crippen LogP contribution in [0.2, 0.25) is 0 Å². The summed E-state index contributed by atoms with van der Waals surface area (Å²) in [5, 5.41) is 9.41. The predicted octanol–water partition coefficient (Wildman–Crippen LogP) is 3.22. The summed E-state index contributed by atoms with van der Waals surface area (Å²) >= 11 is 0. The van der Waals surface area contributed by atoms with Crippen molar-refractivity contribution in [2.45, 2.75) is 19.4 Å². The average molecular weight is 319 g/mol. The first kappa shape index (κ1) is 14.8. The number of phenolic OH excluding ortho intramolecular Hbond substituents is 1. The second-order valence-electron chi connectivity index (χ2n) is 6.45. The van der Waals surface area contributed by atoms with Crippen LogP contribution in [0.15, 0.2) is 54.9 Å². The van der Waals surface area contributed by atoms with Crippen LogP contribution >= 0.6 is 0 Å². The van der Waals surface area contributed by atoms with Crippen LogP contribution in [-0.2, 0) is 19.4 Å². The normalized spacial score (nSPS) is 13.3. The Morgan fingerprint density at radius 1 is 1.08 bits per heavy atom. The number of aromatic nitrogens is 2. The second-order valence-corrected chi connectivity index (χ2v) is 6.45. The Balaban J connectivity index is 1.54. The zero-order valence-electron chi connectivity index (χ0n) is 13.8. The molecule has 0 fully saturated rings. The molecular weight excluding hydrogens is 298 g/mol. The maximum Gasteiger partial charge on any atom is 0.115 e. The van der Waals surface area contributed by atoms with Crippen molar-refractivity contribution in [3.05, 3.63) is 77.4 Å². The van der Waals surface area contributed by atoms with Gasteiger partial charge in [0.1, 0.15) is 11.6 Å². The molecule has 24 heavy (non-hydrogen) atoms. The van der Waals surface area contributed by atoms with Gasteiger partial charge in [0, 0.05) is 44.6 Å². The molecular formula is C20H21N3O. The molecule has 4 nitrogen and oxygen atoms in total. The summed E-state index contributed by atoms with van der Waals surface area (Å²) in [7, 11) is 2.15. The number of imidazole rings is 1. The van der Waals surface area contributed by atoms with Crippen LogP contribution in [0.3, 0.4) is 0 Å². The van der Waals surface area contributed by atoms with Crippen molar-refractivity contribution in [3.63, 3.8) is 0 Å². The van der Waals surface area contributed by atoms with Crippen LogP contribution in [0.25, 0.3) is 0 Å². The molecule has 0 amide bonds. The van der Waals surface area contributed by atoms with Crippen LogP contribution in [0.4, 0.5) is 5.69 Å². The average Bonchev–Trinajstić information content (AvgIpc) is 3.17. The van der Waals surface area contributed by atoms with E-state index in [-0.39, 0.29) is 0 Å². The lowest BCUT2D eigenvalue weighted by molar-refractivity contribution is 0.475. The fraction of sp³-hybridized carbons (Fsp3) is 0.250. The highest BCUT2D eigenvalue weighted by molar-refractivity contribution is 5.58. The van der Waals surface area contributed by atoms with E-state index in [1.165, 1.54) is 16.8 Å². The van der Waals surface area contributed by atoms with Gasteiger partial charge in [0.05, 0.1) is 0 Å². The number of fused-ring (bicyclic) bond motifs is 1. The van der Waals surface area contributed by atoms with Crippen molar-refractivity contribution in [1.82, 2.24) is 9.55 Å². The molecule has 2 aromatic carbocycles. The molecule has 0 atom stereocenters. The molecule has 0 unspecified atom stereocenters. The minimum Gasteiger partial charge on any atom is -0.508 e. The molecule has 3 aromatic rings. The Morgan fingerprint density at radius 2 is 1.88 bits per heavy atom. The van der Waals surface area contributed by atoms with Gasteiger partial charge in [-0.1, -0.05) is 24.3 Å². The van der Waals surface area contributed by atoms with Crippen molar-refractivity contribution in [2.75, 3.05) is 18.5 Å². The predicted molar refractivity (Wildman–Crippen MR) is 95.7 cm³/mol. The van der Waals surface area contributed by atoms with Crippen LogP contribution in [-0.4, -0.2) is 28.3 Å². The van der Waals surface area contributed by atoms with Crippen LogP contribution < -0.4 is 4.90 Å². The van der Waals surface area contributed by atoms with Crippen molar-refractivity contribution in [3.8, 4) is 5.75 Å². The van der Waals surface area contributed by atoms with Gasteiger partial charge in [-0.3, -0.25) is 0 Å². The third-order valence-corrected chi connectivity index (χ3v) is 4.72. The lowest BCUT2D eigenvalue weighted by Crippen LogP contribution is -2.12. The maximum atomic E-state index is 9.41. The van der Waals surface area contributed by atoms with E-state index in [2.05, 4.69) is 39.7 Å². The van der Waals surface area contributed by atoms with E-state index >= 15 is 0 Å². The maximum absolute atomic E-state index is 9.41. The monoisotopic (exact) mass is 319 g/mol. The van der Waals surface area contributed by atoms with E-state index in [4.69, 9.17) is 0 Å². The molecule has 2 heterocycles. The molecule has 1 aliphatic heterocycles. The van der Waals surface area contributed by atoms with Crippen LogP contribution in [0.5, 0.6) is 5.75 Å². The molecule has 4 heteroatoms. The summed E-state index contributed by atoms with van der Waals surface area (Å²) in [6.45, 7) is 1.87. The summed E-state index contributed by atoms with van der Waals surface area (Å²) in [6.07, 6.45) is 5.84. The summed E-state index contributed by atoms with van der Waals surface area (Å²) in [5.74, 6) is 1.36. The number of likely N-dealkylation sites (N-methyl/N-ethyl adjacent to an activating group) is 1. The van der Waals surface area contributed by atoms with Gasteiger partial charge in [-0.05, 0) is 41.3 Å². The minimum atomic E-state index is 0.299. The standard InChI is InChI=1S/C20H21N3O/c1-22-10-8-17-12-16(4-7-19(17)22)13-20-21-9-11-23(20)14-15-2-5-18(24)6-3-15/h2-7,9,11-12,24H,8,10,13-14H2,1H3. The number of hydrogen-bond donors (Lipinski definition) is 1. The lowest BCUT2D eigenvalue weighted by Gasteiger charge is -2.12. The highest BCUT2D eigenvalue weighted by atomic mass is 16.3. The quantitative estimate of drug-likeness (QED) is 0.803. The molecule has 0 radical (unpaired) electrons. The summed E-state index contributed by atoms with van der Waals surface area (Å²) in [4.78, 5) is 6.85. The first-order valence-corrected chi connectivity index (χ1v) is 8.30. The fourth-order valence-corrected chi connectivity index (χ4v) is 3.36. The molecule has 4 rings (SSSR count). The zero-order valence-corrected chi connectivity index (χ0v) is 13.8. The van der Waals surface area contributed by atoms with Crippen molar-refractivity contribution in [2.24, 2.45) is 0 Å². The smallest absolute Gasteiger partial charge is 0.115 e. The Kier molecular flexibility index (Phi) is 3.73. The molecule has 0 spiro atoms. The SMILES string of the molecule is CN1CCc2cc(Cc3nccn3Cc3ccc(O)cc3)ccc21. The Bertz CT molecular complexity index is 852. The van der Waals surface area contributed by atoms with Crippen molar-refractivity contribution in [1.29, 1.82) is 0 Å². The number of rotatable bonds is 4. The molecule has 0 aliphatic carbocycles. The molecule has 1 aliphatic rings. The zero-order chi connectivity index (χ0) is 16.5. The summed E-state index contributed by atoms with van der Waals surface area (Å²) in [6, 6.07) is 14.1. The Morgan fingerprint density at radius 3 is 2.71 bits per heavy atom. The van der Waals surface area contributed by atoms with Gasteiger partial charge in [0.15, 0.2) is 0 Å². The van der Waals surface area contributed by atoms with E-state index in [9.17, 15) is 5.11 Å².